The number of benzene rings is 1. The number of carbonyl (C=O) groups is 1. The summed E-state index contributed by atoms with van der Waals surface area (Å²) in [6, 6.07) is 5.72. The van der Waals surface area contributed by atoms with Gasteiger partial charge in [0, 0.05) is 25.7 Å². The molecule has 0 saturated heterocycles. The van der Waals surface area contributed by atoms with Gasteiger partial charge in [-0.2, -0.15) is 0 Å². The molecule has 4 fully saturated rings. The second kappa shape index (κ2) is 9.29. The smallest absolute Gasteiger partial charge is 0.157 e. The van der Waals surface area contributed by atoms with Gasteiger partial charge < -0.3 is 14.6 Å². The van der Waals surface area contributed by atoms with Crippen molar-refractivity contribution in [3.05, 3.63) is 18.2 Å². The molecule has 4 aliphatic rings. The lowest BCUT2D eigenvalue weighted by molar-refractivity contribution is -0.175. The molecule has 7 heteroatoms. The van der Waals surface area contributed by atoms with Gasteiger partial charge in [0.1, 0.15) is 17.8 Å². The summed E-state index contributed by atoms with van der Waals surface area (Å²) in [4.78, 5) is 13.9. The van der Waals surface area contributed by atoms with E-state index in [0.29, 0.717) is 35.4 Å². The molecule has 6 rings (SSSR count). The molecule has 1 aromatic carbocycles. The Morgan fingerprint density at radius 2 is 1.87 bits per heavy atom. The zero-order valence-corrected chi connectivity index (χ0v) is 23.8. The van der Waals surface area contributed by atoms with Crippen molar-refractivity contribution in [2.45, 2.75) is 84.3 Å². The summed E-state index contributed by atoms with van der Waals surface area (Å²) in [6.45, 7) is 8.04. The Labute approximate surface area is 226 Å². The van der Waals surface area contributed by atoms with E-state index in [0.717, 1.165) is 68.3 Å². The Balaban J connectivity index is 1.25. The third-order valence-electron chi connectivity index (χ3n) is 11.9. The number of rotatable bonds is 6. The highest BCUT2D eigenvalue weighted by Gasteiger charge is 2.63. The predicted octanol–water partition coefficient (Wildman–Crippen LogP) is 5.29. The normalized spacial score (nSPS) is 42.4. The summed E-state index contributed by atoms with van der Waals surface area (Å²) in [6.07, 6.45) is 8.46. The van der Waals surface area contributed by atoms with Crippen molar-refractivity contribution in [3.63, 3.8) is 0 Å². The summed E-state index contributed by atoms with van der Waals surface area (Å²) < 4.78 is 12.9. The Morgan fingerprint density at radius 1 is 1.08 bits per heavy atom. The molecule has 1 aromatic heterocycles. The first-order valence-electron chi connectivity index (χ1n) is 14.7. The van der Waals surface area contributed by atoms with Gasteiger partial charge in [0.25, 0.3) is 0 Å². The maximum atomic E-state index is 13.9. The molecule has 1 N–H and O–H groups in total. The van der Waals surface area contributed by atoms with Crippen molar-refractivity contribution in [2.24, 2.45) is 46.3 Å². The number of ketones is 1. The minimum atomic E-state index is -0.542. The molecule has 0 aliphatic heterocycles. The fraction of sp³-hybridized carbons (Fsp3) is 0.774. The van der Waals surface area contributed by atoms with E-state index >= 15 is 0 Å². The molecular formula is C31H45N3O4. The molecule has 1 heterocycles. The van der Waals surface area contributed by atoms with Crippen LogP contribution in [0.1, 0.15) is 72.1 Å². The number of hydrogen-bond acceptors (Lipinski definition) is 6. The first kappa shape index (κ1) is 26.2. The highest BCUT2D eigenvalue weighted by Crippen LogP contribution is 2.69. The van der Waals surface area contributed by atoms with Crippen LogP contribution in [0.5, 0.6) is 5.75 Å². The fourth-order valence-electron chi connectivity index (χ4n) is 9.97. The van der Waals surface area contributed by atoms with Gasteiger partial charge in [0.2, 0.25) is 0 Å². The molecule has 4 aliphatic carbocycles. The van der Waals surface area contributed by atoms with E-state index in [1.807, 2.05) is 32.2 Å². The second-order valence-corrected chi connectivity index (χ2v) is 13.9. The van der Waals surface area contributed by atoms with Crippen LogP contribution in [-0.2, 0) is 16.1 Å². The number of nitrogens with zero attached hydrogens (tertiary/aromatic N) is 3. The number of fused-ring (bicyclic) bond motifs is 6. The van der Waals surface area contributed by atoms with Gasteiger partial charge in [-0.25, -0.2) is 4.68 Å². The number of carbonyl (C=O) groups excluding carboxylic acids is 1. The first-order valence-corrected chi connectivity index (χ1v) is 14.7. The molecule has 0 spiro atoms. The summed E-state index contributed by atoms with van der Waals surface area (Å²) in [5, 5.41) is 19.6. The standard InChI is InChI=1S/C31H45N3O4/c1-29(36)12-13-30(2)20(16-29)14-19(18-37-4)28-23-8-7-22(31(23,3)11-10-24(28)30)27(35)17-34-26-9-6-21(38-5)15-25(26)32-33-34/h6,9,15,19-20,22-24,28,36H,7-8,10-14,16-18H2,1-5H3/t19-,20+,22-,23+,24+,28+,29-,30+,31-/m1/s1. The van der Waals surface area contributed by atoms with Crippen molar-refractivity contribution in [1.29, 1.82) is 0 Å². The van der Waals surface area contributed by atoms with Crippen LogP contribution in [-0.4, -0.2) is 52.3 Å². The zero-order chi connectivity index (χ0) is 26.9. The van der Waals surface area contributed by atoms with Crippen LogP contribution >= 0.6 is 0 Å². The van der Waals surface area contributed by atoms with Crippen LogP contribution in [0.2, 0.25) is 0 Å². The van der Waals surface area contributed by atoms with E-state index in [4.69, 9.17) is 9.47 Å². The predicted molar refractivity (Wildman–Crippen MR) is 146 cm³/mol. The molecule has 2 aromatic rings. The van der Waals surface area contributed by atoms with Crippen LogP contribution in [0.4, 0.5) is 0 Å². The van der Waals surface area contributed by atoms with E-state index < -0.39 is 5.60 Å². The van der Waals surface area contributed by atoms with Crippen molar-refractivity contribution < 1.29 is 19.4 Å². The van der Waals surface area contributed by atoms with Gasteiger partial charge in [-0.05, 0) is 111 Å². The second-order valence-electron chi connectivity index (χ2n) is 13.9. The lowest BCUT2D eigenvalue weighted by atomic mass is 9.42. The Bertz CT molecular complexity index is 1210. The average molecular weight is 524 g/mol. The third-order valence-corrected chi connectivity index (χ3v) is 11.9. The highest BCUT2D eigenvalue weighted by atomic mass is 16.5. The van der Waals surface area contributed by atoms with E-state index in [2.05, 4.69) is 24.2 Å². The Morgan fingerprint density at radius 3 is 2.63 bits per heavy atom. The van der Waals surface area contributed by atoms with Gasteiger partial charge in [-0.3, -0.25) is 4.79 Å². The highest BCUT2D eigenvalue weighted by molar-refractivity contribution is 5.84. The minimum absolute atomic E-state index is 0.0210. The molecule has 4 saturated carbocycles. The van der Waals surface area contributed by atoms with Gasteiger partial charge in [0.15, 0.2) is 5.78 Å². The van der Waals surface area contributed by atoms with Gasteiger partial charge in [0.05, 0.1) is 18.2 Å². The van der Waals surface area contributed by atoms with Gasteiger partial charge >= 0.3 is 0 Å². The number of ether oxygens (including phenoxy) is 2. The van der Waals surface area contributed by atoms with Crippen molar-refractivity contribution in [2.75, 3.05) is 20.8 Å². The Hall–Kier alpha value is -1.99. The number of aromatic nitrogens is 3. The van der Waals surface area contributed by atoms with Crippen molar-refractivity contribution >= 4 is 16.8 Å². The minimum Gasteiger partial charge on any atom is -0.497 e. The first-order chi connectivity index (χ1) is 18.1. The van der Waals surface area contributed by atoms with E-state index in [-0.39, 0.29) is 23.3 Å². The lowest BCUT2D eigenvalue weighted by Crippen LogP contribution is -2.59. The summed E-state index contributed by atoms with van der Waals surface area (Å²) in [7, 11) is 3.48. The topological polar surface area (TPSA) is 86.5 Å². The van der Waals surface area contributed by atoms with Gasteiger partial charge in [-0.1, -0.05) is 19.1 Å². The maximum Gasteiger partial charge on any atom is 0.157 e. The third kappa shape index (κ3) is 4.02. The summed E-state index contributed by atoms with van der Waals surface area (Å²) >= 11 is 0. The molecule has 0 unspecified atom stereocenters. The SMILES string of the molecule is COC[C@H]1C[C@H]2C[C@](C)(O)CC[C@]2(C)[C@H]2CC[C@]3(C)[C@@H](C(=O)Cn4nnc5cc(OC)ccc54)CC[C@H]3[C@H]12. The monoisotopic (exact) mass is 523 g/mol. The average Bonchev–Trinajstić information content (AvgIpc) is 3.45. The van der Waals surface area contributed by atoms with Gasteiger partial charge in [-0.15, -0.1) is 5.10 Å². The molecule has 0 bridgehead atoms. The molecule has 208 valence electrons. The molecule has 7 nitrogen and oxygen atoms in total. The molecular weight excluding hydrogens is 478 g/mol. The number of hydrogen-bond donors (Lipinski definition) is 1. The lowest BCUT2D eigenvalue weighted by Gasteiger charge is -2.64. The number of aliphatic hydroxyl groups is 1. The fourth-order valence-corrected chi connectivity index (χ4v) is 9.97. The number of methoxy groups -OCH3 is 2. The molecule has 38 heavy (non-hydrogen) atoms. The maximum absolute atomic E-state index is 13.9. The molecule has 9 atom stereocenters. The van der Waals surface area contributed by atoms with Crippen LogP contribution in [0.25, 0.3) is 11.0 Å². The van der Waals surface area contributed by atoms with Crippen LogP contribution < -0.4 is 4.74 Å². The molecule has 0 amide bonds. The van der Waals surface area contributed by atoms with E-state index in [9.17, 15) is 9.90 Å². The summed E-state index contributed by atoms with van der Waals surface area (Å²) in [5.74, 6) is 3.95. The van der Waals surface area contributed by atoms with Crippen LogP contribution in [0.3, 0.4) is 0 Å². The quantitative estimate of drug-likeness (QED) is 0.554. The van der Waals surface area contributed by atoms with Crippen molar-refractivity contribution in [3.8, 4) is 5.75 Å². The largest absolute Gasteiger partial charge is 0.497 e. The van der Waals surface area contributed by atoms with E-state index in [1.165, 1.54) is 6.42 Å². The number of Topliss-reactive ketones (excluding diaryl/α,β-unsaturated/α-hetero) is 1. The van der Waals surface area contributed by atoms with Crippen LogP contribution in [0, 0.1) is 46.3 Å². The van der Waals surface area contributed by atoms with Crippen molar-refractivity contribution in [1.82, 2.24) is 15.0 Å². The van der Waals surface area contributed by atoms with Crippen LogP contribution in [0.15, 0.2) is 18.2 Å². The van der Waals surface area contributed by atoms with E-state index in [1.54, 1.807) is 11.8 Å². The Kier molecular flexibility index (Phi) is 6.42. The summed E-state index contributed by atoms with van der Waals surface area (Å²) in [5.41, 5.74) is 1.39. The zero-order valence-electron chi connectivity index (χ0n) is 23.8. The molecule has 0 radical (unpaired) electrons.